The number of likely N-dealkylation sites (tertiary alicyclic amines) is 1. The zero-order chi connectivity index (χ0) is 21.0. The summed E-state index contributed by atoms with van der Waals surface area (Å²) < 4.78 is 10.1. The quantitative estimate of drug-likeness (QED) is 0.446. The number of nitro benzene ring substituents is 1. The van der Waals surface area contributed by atoms with Crippen LogP contribution in [0.2, 0.25) is 0 Å². The summed E-state index contributed by atoms with van der Waals surface area (Å²) >= 11 is 0. The van der Waals surface area contributed by atoms with Crippen LogP contribution >= 0.6 is 0 Å². The van der Waals surface area contributed by atoms with E-state index >= 15 is 0 Å². The summed E-state index contributed by atoms with van der Waals surface area (Å²) in [6, 6.07) is 6.59. The van der Waals surface area contributed by atoms with Crippen LogP contribution in [0.4, 0.5) is 11.4 Å². The van der Waals surface area contributed by atoms with Crippen molar-refractivity contribution in [3.05, 3.63) is 58.0 Å². The van der Waals surface area contributed by atoms with Gasteiger partial charge in [-0.15, -0.1) is 0 Å². The fraction of sp³-hybridized carbons (Fsp3) is 0.316. The van der Waals surface area contributed by atoms with E-state index in [1.807, 2.05) is 0 Å². The number of nitrogens with zero attached hydrogens (tertiary/aromatic N) is 2. The van der Waals surface area contributed by atoms with Gasteiger partial charge in [0.25, 0.3) is 17.5 Å². The molecule has 1 N–H and O–H groups in total. The predicted molar refractivity (Wildman–Crippen MR) is 100 cm³/mol. The minimum absolute atomic E-state index is 0.127. The number of amides is 2. The molecule has 1 fully saturated rings. The van der Waals surface area contributed by atoms with Crippen LogP contribution in [0.5, 0.6) is 0 Å². The Kier molecular flexibility index (Phi) is 5.91. The maximum atomic E-state index is 12.4. The van der Waals surface area contributed by atoms with Crippen molar-refractivity contribution in [3.8, 4) is 0 Å². The monoisotopic (exact) mass is 401 g/mol. The van der Waals surface area contributed by atoms with Crippen molar-refractivity contribution in [3.63, 3.8) is 0 Å². The summed E-state index contributed by atoms with van der Waals surface area (Å²) in [7, 11) is 0. The molecule has 0 aliphatic carbocycles. The SMILES string of the molecule is Cc1c(NC(=O)COC(=O)C2CCCN2C(=O)c2ccco2)cccc1[N+](=O)[O-]. The molecule has 152 valence electrons. The van der Waals surface area contributed by atoms with Crippen LogP contribution < -0.4 is 5.32 Å². The Morgan fingerprint density at radius 2 is 2.10 bits per heavy atom. The highest BCUT2D eigenvalue weighted by Crippen LogP contribution is 2.25. The Hall–Kier alpha value is -3.69. The molecule has 0 radical (unpaired) electrons. The lowest BCUT2D eigenvalue weighted by Crippen LogP contribution is -2.42. The lowest BCUT2D eigenvalue weighted by molar-refractivity contribution is -0.385. The first-order valence-corrected chi connectivity index (χ1v) is 8.93. The van der Waals surface area contributed by atoms with E-state index in [1.54, 1.807) is 6.07 Å². The van der Waals surface area contributed by atoms with Gasteiger partial charge in [-0.3, -0.25) is 19.7 Å². The molecular weight excluding hydrogens is 382 g/mol. The van der Waals surface area contributed by atoms with E-state index < -0.39 is 35.4 Å². The molecule has 1 atom stereocenters. The number of rotatable bonds is 6. The summed E-state index contributed by atoms with van der Waals surface area (Å²) in [5, 5.41) is 13.5. The van der Waals surface area contributed by atoms with Crippen LogP contribution in [0.1, 0.15) is 29.0 Å². The van der Waals surface area contributed by atoms with E-state index in [9.17, 15) is 24.5 Å². The third-order valence-corrected chi connectivity index (χ3v) is 4.64. The minimum Gasteiger partial charge on any atom is -0.459 e. The van der Waals surface area contributed by atoms with Crippen LogP contribution in [0.15, 0.2) is 41.0 Å². The van der Waals surface area contributed by atoms with Gasteiger partial charge in [-0.2, -0.15) is 0 Å². The Balaban J connectivity index is 1.57. The molecule has 0 bridgehead atoms. The van der Waals surface area contributed by atoms with E-state index in [-0.39, 0.29) is 17.1 Å². The van der Waals surface area contributed by atoms with Gasteiger partial charge in [0.05, 0.1) is 22.4 Å². The normalized spacial score (nSPS) is 15.8. The van der Waals surface area contributed by atoms with E-state index in [1.165, 1.54) is 42.4 Å². The van der Waals surface area contributed by atoms with Gasteiger partial charge in [-0.25, -0.2) is 4.79 Å². The molecule has 1 aliphatic heterocycles. The van der Waals surface area contributed by atoms with Crippen molar-refractivity contribution in [2.75, 3.05) is 18.5 Å². The molecule has 1 unspecified atom stereocenters. The second kappa shape index (κ2) is 8.55. The van der Waals surface area contributed by atoms with Gasteiger partial charge in [0, 0.05) is 12.6 Å². The van der Waals surface area contributed by atoms with Gasteiger partial charge in [-0.05, 0) is 38.0 Å². The zero-order valence-corrected chi connectivity index (χ0v) is 15.6. The lowest BCUT2D eigenvalue weighted by Gasteiger charge is -2.22. The van der Waals surface area contributed by atoms with Crippen LogP contribution in [-0.4, -0.2) is 46.8 Å². The van der Waals surface area contributed by atoms with Gasteiger partial charge in [0.1, 0.15) is 6.04 Å². The number of esters is 1. The summed E-state index contributed by atoms with van der Waals surface area (Å²) in [6.07, 6.45) is 2.43. The van der Waals surface area contributed by atoms with E-state index in [4.69, 9.17) is 9.15 Å². The largest absolute Gasteiger partial charge is 0.459 e. The molecule has 3 rings (SSSR count). The standard InChI is InChI=1S/C19H19N3O7/c1-12-13(5-2-6-14(12)22(26)27)20-17(23)11-29-19(25)15-7-3-9-21(15)18(24)16-8-4-10-28-16/h2,4-6,8,10,15H,3,7,9,11H2,1H3,(H,20,23). The number of anilines is 1. The van der Waals surface area contributed by atoms with Gasteiger partial charge in [-0.1, -0.05) is 6.07 Å². The first-order valence-electron chi connectivity index (χ1n) is 8.93. The number of furan rings is 1. The number of hydrogen-bond acceptors (Lipinski definition) is 7. The predicted octanol–water partition coefficient (Wildman–Crippen LogP) is 2.28. The molecule has 0 spiro atoms. The summed E-state index contributed by atoms with van der Waals surface area (Å²) in [6.45, 7) is 1.33. The topological polar surface area (TPSA) is 132 Å². The van der Waals surface area contributed by atoms with Crippen LogP contribution in [0, 0.1) is 17.0 Å². The summed E-state index contributed by atoms with van der Waals surface area (Å²) in [5.74, 6) is -1.60. The van der Waals surface area contributed by atoms with Gasteiger partial charge < -0.3 is 19.4 Å². The Morgan fingerprint density at radius 3 is 2.79 bits per heavy atom. The average molecular weight is 401 g/mol. The number of carbonyl (C=O) groups excluding carboxylic acids is 3. The Bertz CT molecular complexity index is 939. The zero-order valence-electron chi connectivity index (χ0n) is 15.6. The van der Waals surface area contributed by atoms with Crippen molar-refractivity contribution in [1.82, 2.24) is 4.90 Å². The molecule has 1 saturated heterocycles. The minimum atomic E-state index is -0.792. The molecular formula is C19H19N3O7. The molecule has 1 aromatic heterocycles. The van der Waals surface area contributed by atoms with Crippen LogP contribution in [0.25, 0.3) is 0 Å². The van der Waals surface area contributed by atoms with Gasteiger partial charge >= 0.3 is 5.97 Å². The van der Waals surface area contributed by atoms with Crippen molar-refractivity contribution in [1.29, 1.82) is 0 Å². The molecule has 2 aromatic rings. The first kappa shape index (κ1) is 20.1. The Labute approximate surface area is 165 Å². The van der Waals surface area contributed by atoms with Crippen LogP contribution in [-0.2, 0) is 14.3 Å². The molecule has 1 aromatic carbocycles. The highest BCUT2D eigenvalue weighted by atomic mass is 16.6. The summed E-state index contributed by atoms with van der Waals surface area (Å²) in [4.78, 5) is 48.7. The average Bonchev–Trinajstić information content (AvgIpc) is 3.39. The van der Waals surface area contributed by atoms with E-state index in [0.717, 1.165) is 0 Å². The van der Waals surface area contributed by atoms with Gasteiger partial charge in [0.15, 0.2) is 12.4 Å². The summed E-state index contributed by atoms with van der Waals surface area (Å²) in [5.41, 5.74) is 0.428. The highest BCUT2D eigenvalue weighted by molar-refractivity contribution is 5.96. The number of benzene rings is 1. The molecule has 0 saturated carbocycles. The van der Waals surface area contributed by atoms with Crippen molar-refractivity contribution in [2.45, 2.75) is 25.8 Å². The molecule has 10 nitrogen and oxygen atoms in total. The number of nitro groups is 1. The molecule has 10 heteroatoms. The van der Waals surface area contributed by atoms with Gasteiger partial charge in [0.2, 0.25) is 0 Å². The van der Waals surface area contributed by atoms with Crippen molar-refractivity contribution >= 4 is 29.2 Å². The van der Waals surface area contributed by atoms with Crippen LogP contribution in [0.3, 0.4) is 0 Å². The third kappa shape index (κ3) is 4.42. The number of ether oxygens (including phenoxy) is 1. The van der Waals surface area contributed by atoms with E-state index in [2.05, 4.69) is 5.32 Å². The lowest BCUT2D eigenvalue weighted by atomic mass is 10.1. The maximum absolute atomic E-state index is 12.4. The molecule has 2 amide bonds. The first-order chi connectivity index (χ1) is 13.9. The fourth-order valence-electron chi connectivity index (χ4n) is 3.17. The van der Waals surface area contributed by atoms with E-state index in [0.29, 0.717) is 24.9 Å². The van der Waals surface area contributed by atoms with Crippen molar-refractivity contribution in [2.24, 2.45) is 0 Å². The Morgan fingerprint density at radius 1 is 1.31 bits per heavy atom. The second-order valence-electron chi connectivity index (χ2n) is 6.50. The third-order valence-electron chi connectivity index (χ3n) is 4.64. The smallest absolute Gasteiger partial charge is 0.329 e. The maximum Gasteiger partial charge on any atom is 0.329 e. The number of nitrogens with one attached hydrogen (secondary N) is 1. The molecule has 29 heavy (non-hydrogen) atoms. The molecule has 1 aliphatic rings. The molecule has 2 heterocycles. The fourth-order valence-corrected chi connectivity index (χ4v) is 3.17. The highest BCUT2D eigenvalue weighted by Gasteiger charge is 2.36. The van der Waals surface area contributed by atoms with Crippen molar-refractivity contribution < 1.29 is 28.5 Å². The second-order valence-corrected chi connectivity index (χ2v) is 6.50. The number of hydrogen-bond donors (Lipinski definition) is 1. The number of carbonyl (C=O) groups is 3.